The number of hydrogen-bond acceptors (Lipinski definition) is 15. The lowest BCUT2D eigenvalue weighted by atomic mass is 10.1. The molecule has 4 N–H and O–H groups in total. The Kier molecular flexibility index (Phi) is 14.4. The molecule has 0 aliphatic rings. The van der Waals surface area contributed by atoms with E-state index in [2.05, 4.69) is 25.6 Å². The van der Waals surface area contributed by atoms with Crippen LogP contribution >= 0.6 is 12.0 Å². The van der Waals surface area contributed by atoms with Crippen LogP contribution in [0.3, 0.4) is 0 Å². The van der Waals surface area contributed by atoms with Gasteiger partial charge in [-0.3, -0.25) is 4.55 Å². The summed E-state index contributed by atoms with van der Waals surface area (Å²) in [7, 11) is -4.81. The van der Waals surface area contributed by atoms with E-state index in [4.69, 9.17) is 28.3 Å². The van der Waals surface area contributed by atoms with Gasteiger partial charge >= 0.3 is 6.01 Å². The molecule has 0 fully saturated rings. The second kappa shape index (κ2) is 22.6. The van der Waals surface area contributed by atoms with E-state index in [1.807, 2.05) is 164 Å². The third-order valence-electron chi connectivity index (χ3n) is 12.7. The lowest BCUT2D eigenvalue weighted by Gasteiger charge is -2.14. The molecule has 0 spiro atoms. The molecule has 0 unspecified atom stereocenters. The first-order chi connectivity index (χ1) is 39.1. The molecule has 0 saturated heterocycles. The molecule has 0 bridgehead atoms. The Morgan fingerprint density at radius 2 is 0.863 bits per heavy atom. The molecule has 80 heavy (non-hydrogen) atoms. The zero-order valence-corrected chi connectivity index (χ0v) is 43.5. The van der Waals surface area contributed by atoms with Crippen LogP contribution in [-0.2, 0) is 19.5 Å². The Balaban J connectivity index is 0.821. The summed E-state index contributed by atoms with van der Waals surface area (Å²) < 4.78 is 66.9. The summed E-state index contributed by atoms with van der Waals surface area (Å²) in [4.78, 5) is 14.0. The minimum Gasteiger partial charge on any atom is -0.457 e. The second-order valence-corrected chi connectivity index (χ2v) is 20.3. The van der Waals surface area contributed by atoms with Crippen molar-refractivity contribution in [3.8, 4) is 46.5 Å². The first-order valence-corrected chi connectivity index (χ1v) is 27.0. The van der Waals surface area contributed by atoms with Crippen molar-refractivity contribution in [3.05, 3.63) is 236 Å². The monoisotopic (exact) mass is 1090 g/mol. The first kappa shape index (κ1) is 50.9. The van der Waals surface area contributed by atoms with E-state index in [-0.39, 0.29) is 34.8 Å². The third kappa shape index (κ3) is 12.1. The zero-order valence-electron chi connectivity index (χ0n) is 41.8. The van der Waals surface area contributed by atoms with Crippen LogP contribution in [0.2, 0.25) is 0 Å². The highest BCUT2D eigenvalue weighted by Crippen LogP contribution is 2.37. The molecule has 0 aliphatic carbocycles. The summed E-state index contributed by atoms with van der Waals surface area (Å²) in [5.41, 5.74) is 1.45. The molecule has 2 heterocycles. The van der Waals surface area contributed by atoms with Gasteiger partial charge in [0.05, 0.1) is 12.0 Å². The molecule has 2 aromatic heterocycles. The number of aromatic nitrogens is 3. The Hall–Kier alpha value is -9.85. The van der Waals surface area contributed by atoms with Crippen LogP contribution in [0.5, 0.6) is 46.5 Å². The van der Waals surface area contributed by atoms with E-state index in [1.165, 1.54) is 18.2 Å². The number of fused-ring (bicyclic) bond motifs is 4. The van der Waals surface area contributed by atoms with Gasteiger partial charge in [-0.25, -0.2) is 5.26 Å². The largest absolute Gasteiger partial charge is 0.457 e. The predicted molar refractivity (Wildman–Crippen MR) is 311 cm³/mol. The zero-order chi connectivity index (χ0) is 54.4. The van der Waals surface area contributed by atoms with Crippen molar-refractivity contribution >= 4 is 100 Å². The van der Waals surface area contributed by atoms with Crippen molar-refractivity contribution in [2.24, 2.45) is 0 Å². The van der Waals surface area contributed by atoms with Gasteiger partial charge in [-0.1, -0.05) is 151 Å². The Bertz CT molecular complexity index is 4250. The predicted octanol–water partition coefficient (Wildman–Crippen LogP) is 17.0. The highest BCUT2D eigenvalue weighted by Gasteiger charge is 2.18. The summed E-state index contributed by atoms with van der Waals surface area (Å²) >= 11 is 0.692. The van der Waals surface area contributed by atoms with Gasteiger partial charge in [-0.2, -0.15) is 23.4 Å². The lowest BCUT2D eigenvalue weighted by molar-refractivity contribution is -0.432. The van der Waals surface area contributed by atoms with Gasteiger partial charge in [0.25, 0.3) is 10.1 Å². The second-order valence-electron chi connectivity index (χ2n) is 18.1. The maximum absolute atomic E-state index is 13.1. The number of anilines is 4. The molecule has 0 radical (unpaired) electrons. The number of rotatable bonds is 18. The minimum absolute atomic E-state index is 0.0485. The number of pyridine rings is 1. The van der Waals surface area contributed by atoms with Gasteiger partial charge in [0.2, 0.25) is 11.8 Å². The molecule has 0 saturated carbocycles. The highest BCUT2D eigenvalue weighted by molar-refractivity contribution is 7.94. The van der Waals surface area contributed by atoms with Crippen LogP contribution in [0.15, 0.2) is 234 Å². The SMILES string of the molecule is O=S(=O)(O)c1cc(Nc2cc(Oc3ccc4ccccc4c3)nc(Oc3ccc4ccccc4c3)n2)ccc1C=Cc1ccc(Nc2cc(Oc3ccc4ccccc4c3)cc(Oc3ccc4ccccc4c3)n2)cc1SOOO. The maximum Gasteiger partial charge on any atom is 0.327 e. The average molecular weight is 1090 g/mol. The van der Waals surface area contributed by atoms with Gasteiger partial charge in [0.15, 0.2) is 0 Å². The fraction of sp³-hybridized carbons (Fsp3) is 0. The third-order valence-corrected chi connectivity index (χ3v) is 14.2. The van der Waals surface area contributed by atoms with E-state index in [0.717, 1.165) is 43.1 Å². The standard InChI is InChI=1S/C63H43N5O10S2/c69-77-78-79-57-35-50(64-59-37-56(73-52-27-21-40-9-1-5-13-46(40)31-52)38-61(66-59)74-53-28-22-41-10-2-6-14-47(41)32-53)25-19-44(57)17-18-45-20-26-51(36-58(45)80(70,71)72)65-60-39-62(75-54-29-23-42-11-3-7-15-48(42)33-54)68-63(67-60)76-55-30-24-43-12-4-8-16-49(43)34-55/h1-39,69H,(H,64,66)(H,65,67,68)(H,70,71,72). The topological polar surface area (TPSA) is 193 Å². The Morgan fingerprint density at radius 1 is 0.412 bits per heavy atom. The van der Waals surface area contributed by atoms with Crippen molar-refractivity contribution in [1.29, 1.82) is 0 Å². The number of ether oxygens (including phenoxy) is 4. The van der Waals surface area contributed by atoms with Crippen molar-refractivity contribution in [2.45, 2.75) is 9.79 Å². The molecule has 392 valence electrons. The quantitative estimate of drug-likeness (QED) is 0.0208. The Morgan fingerprint density at radius 3 is 1.39 bits per heavy atom. The fourth-order valence-electron chi connectivity index (χ4n) is 8.95. The molecule has 10 aromatic carbocycles. The number of benzene rings is 10. The number of nitrogens with one attached hydrogen (secondary N) is 2. The molecular formula is C63H43N5O10S2. The number of nitrogens with zero attached hydrogens (tertiary/aromatic N) is 3. The maximum atomic E-state index is 13.1. The van der Waals surface area contributed by atoms with Crippen LogP contribution in [0, 0.1) is 0 Å². The van der Waals surface area contributed by atoms with E-state index >= 15 is 0 Å². The first-order valence-electron chi connectivity index (χ1n) is 24.8. The highest BCUT2D eigenvalue weighted by atomic mass is 32.2. The molecule has 17 heteroatoms. The summed E-state index contributed by atoms with van der Waals surface area (Å²) in [5.74, 6) is 3.58. The smallest absolute Gasteiger partial charge is 0.327 e. The fourth-order valence-corrected chi connectivity index (χ4v) is 10.2. The number of hydrogen-bond donors (Lipinski definition) is 4. The summed E-state index contributed by atoms with van der Waals surface area (Å²) in [6, 6.07) is 69.1. The van der Waals surface area contributed by atoms with Crippen molar-refractivity contribution < 1.29 is 46.5 Å². The summed E-state index contributed by atoms with van der Waals surface area (Å²) in [5, 5.41) is 27.8. The minimum atomic E-state index is -4.81. The summed E-state index contributed by atoms with van der Waals surface area (Å²) in [6.45, 7) is 0. The summed E-state index contributed by atoms with van der Waals surface area (Å²) in [6.07, 6.45) is 3.13. The van der Waals surface area contributed by atoms with Gasteiger partial charge in [-0.15, -0.1) is 4.33 Å². The lowest BCUT2D eigenvalue weighted by Crippen LogP contribution is -2.04. The van der Waals surface area contributed by atoms with Crippen LogP contribution in [0.4, 0.5) is 23.0 Å². The van der Waals surface area contributed by atoms with E-state index in [0.29, 0.717) is 62.8 Å². The van der Waals surface area contributed by atoms with Gasteiger partial charge < -0.3 is 29.6 Å². The van der Waals surface area contributed by atoms with Gasteiger partial charge in [0.1, 0.15) is 45.3 Å². The van der Waals surface area contributed by atoms with E-state index < -0.39 is 15.0 Å². The van der Waals surface area contributed by atoms with E-state index in [9.17, 15) is 18.2 Å². The van der Waals surface area contributed by atoms with Crippen molar-refractivity contribution in [2.75, 3.05) is 10.6 Å². The molecule has 0 atom stereocenters. The van der Waals surface area contributed by atoms with Crippen LogP contribution in [-0.4, -0.2) is 33.2 Å². The average Bonchev–Trinajstić information content (AvgIpc) is 3.48. The molecular weight excluding hydrogens is 1050 g/mol. The van der Waals surface area contributed by atoms with Gasteiger partial charge in [-0.05, 0) is 127 Å². The van der Waals surface area contributed by atoms with Crippen LogP contribution in [0.25, 0.3) is 55.2 Å². The molecule has 15 nitrogen and oxygen atoms in total. The molecule has 0 aliphatic heterocycles. The van der Waals surface area contributed by atoms with Crippen LogP contribution in [0.1, 0.15) is 11.1 Å². The van der Waals surface area contributed by atoms with Crippen molar-refractivity contribution in [1.82, 2.24) is 15.0 Å². The normalized spacial score (nSPS) is 11.6. The van der Waals surface area contributed by atoms with Crippen molar-refractivity contribution in [3.63, 3.8) is 0 Å². The Labute approximate surface area is 462 Å². The molecule has 12 aromatic rings. The van der Waals surface area contributed by atoms with E-state index in [1.54, 1.807) is 54.6 Å². The van der Waals surface area contributed by atoms with Crippen LogP contribution < -0.4 is 29.6 Å². The molecule has 0 amide bonds. The van der Waals surface area contributed by atoms with Gasteiger partial charge in [0, 0.05) is 34.5 Å². The molecule has 12 rings (SSSR count).